The van der Waals surface area contributed by atoms with Gasteiger partial charge in [-0.15, -0.1) is 0 Å². The van der Waals surface area contributed by atoms with Crippen LogP contribution in [0.2, 0.25) is 0 Å². The van der Waals surface area contributed by atoms with Crippen molar-refractivity contribution in [1.82, 2.24) is 15.2 Å². The van der Waals surface area contributed by atoms with Crippen LogP contribution in [0.4, 0.5) is 5.13 Å². The molecule has 3 unspecified atom stereocenters. The van der Waals surface area contributed by atoms with Gasteiger partial charge in [-0.3, -0.25) is 4.79 Å². The summed E-state index contributed by atoms with van der Waals surface area (Å²) < 4.78 is 11.7. The van der Waals surface area contributed by atoms with E-state index in [-0.39, 0.29) is 12.5 Å². The maximum atomic E-state index is 13.1. The maximum absolute atomic E-state index is 13.1. The molecule has 2 fully saturated rings. The molecule has 7 nitrogen and oxygen atoms in total. The summed E-state index contributed by atoms with van der Waals surface area (Å²) in [5.41, 5.74) is 1.16. The van der Waals surface area contributed by atoms with Crippen molar-refractivity contribution >= 4 is 22.4 Å². The molecule has 2 aromatic rings. The highest BCUT2D eigenvalue weighted by molar-refractivity contribution is 7.15. The molecular formula is C21H24N4O3S. The lowest BCUT2D eigenvalue weighted by Gasteiger charge is -2.35. The Labute approximate surface area is 173 Å². The van der Waals surface area contributed by atoms with Crippen LogP contribution in [0.15, 0.2) is 24.3 Å². The zero-order chi connectivity index (χ0) is 19.4. The van der Waals surface area contributed by atoms with Crippen molar-refractivity contribution in [2.45, 2.75) is 44.0 Å². The third-order valence-electron chi connectivity index (χ3n) is 6.42. The first-order valence-corrected chi connectivity index (χ1v) is 11.2. The molecule has 29 heavy (non-hydrogen) atoms. The molecule has 4 aliphatic heterocycles. The molecule has 8 heteroatoms. The zero-order valence-corrected chi connectivity index (χ0v) is 17.0. The van der Waals surface area contributed by atoms with Gasteiger partial charge in [-0.1, -0.05) is 23.5 Å². The van der Waals surface area contributed by atoms with Crippen molar-refractivity contribution in [3.63, 3.8) is 0 Å². The number of aromatic nitrogens is 1. The van der Waals surface area contributed by atoms with Gasteiger partial charge >= 0.3 is 0 Å². The van der Waals surface area contributed by atoms with Gasteiger partial charge in [0.05, 0.1) is 12.2 Å². The molecule has 2 saturated heterocycles. The lowest BCUT2D eigenvalue weighted by molar-refractivity contribution is -0.142. The Morgan fingerprint density at radius 2 is 1.97 bits per heavy atom. The lowest BCUT2D eigenvalue weighted by Crippen LogP contribution is -2.51. The highest BCUT2D eigenvalue weighted by Crippen LogP contribution is 2.38. The molecule has 5 heterocycles. The number of carbonyl (C=O) groups excluding carboxylic acids is 1. The zero-order valence-electron chi connectivity index (χ0n) is 16.2. The van der Waals surface area contributed by atoms with Crippen LogP contribution < -0.4 is 19.7 Å². The first-order valence-electron chi connectivity index (χ1n) is 10.4. The van der Waals surface area contributed by atoms with Crippen molar-refractivity contribution in [2.24, 2.45) is 0 Å². The number of hydrogen-bond acceptors (Lipinski definition) is 7. The normalized spacial score (nSPS) is 27.7. The first kappa shape index (κ1) is 17.5. The van der Waals surface area contributed by atoms with E-state index in [2.05, 4.69) is 10.2 Å². The Hall–Kier alpha value is -2.32. The average molecular weight is 413 g/mol. The van der Waals surface area contributed by atoms with E-state index < -0.39 is 6.10 Å². The van der Waals surface area contributed by atoms with E-state index >= 15 is 0 Å². The summed E-state index contributed by atoms with van der Waals surface area (Å²) in [6, 6.07) is 8.64. The van der Waals surface area contributed by atoms with Crippen LogP contribution in [0.5, 0.6) is 11.5 Å². The number of thiazole rings is 1. The van der Waals surface area contributed by atoms with Crippen LogP contribution >= 0.6 is 11.3 Å². The summed E-state index contributed by atoms with van der Waals surface area (Å²) in [5, 5.41) is 4.67. The highest BCUT2D eigenvalue weighted by atomic mass is 32.1. The number of amides is 1. The van der Waals surface area contributed by atoms with Gasteiger partial charge in [0.25, 0.3) is 5.91 Å². The number of piperazine rings is 1. The second kappa shape index (κ2) is 6.88. The minimum Gasteiger partial charge on any atom is -0.485 e. The molecule has 1 N–H and O–H groups in total. The monoisotopic (exact) mass is 412 g/mol. The van der Waals surface area contributed by atoms with Gasteiger partial charge in [0.2, 0.25) is 6.10 Å². The minimum atomic E-state index is -0.581. The quantitative estimate of drug-likeness (QED) is 0.812. The summed E-state index contributed by atoms with van der Waals surface area (Å²) >= 11 is 1.77. The van der Waals surface area contributed by atoms with Gasteiger partial charge in [-0.25, -0.2) is 4.98 Å². The summed E-state index contributed by atoms with van der Waals surface area (Å²) in [6.07, 6.45) is 2.71. The fourth-order valence-electron chi connectivity index (χ4n) is 4.92. The van der Waals surface area contributed by atoms with Crippen LogP contribution in [0, 0.1) is 0 Å². The number of hydrogen-bond donors (Lipinski definition) is 1. The van der Waals surface area contributed by atoms with Crippen molar-refractivity contribution in [3.05, 3.63) is 34.8 Å². The van der Waals surface area contributed by atoms with Crippen molar-refractivity contribution in [2.75, 3.05) is 31.1 Å². The molecule has 0 spiro atoms. The molecule has 1 aromatic carbocycles. The molecule has 152 valence electrons. The Balaban J connectivity index is 1.18. The van der Waals surface area contributed by atoms with Gasteiger partial charge in [0.15, 0.2) is 16.6 Å². The second-order valence-electron chi connectivity index (χ2n) is 8.19. The topological polar surface area (TPSA) is 66.9 Å². The molecule has 1 aromatic heterocycles. The highest BCUT2D eigenvalue weighted by Gasteiger charge is 2.39. The average Bonchev–Trinajstić information content (AvgIpc) is 3.29. The van der Waals surface area contributed by atoms with Gasteiger partial charge in [0.1, 0.15) is 6.61 Å². The maximum Gasteiger partial charge on any atom is 0.267 e. The van der Waals surface area contributed by atoms with Gasteiger partial charge in [0, 0.05) is 43.0 Å². The molecule has 0 saturated carbocycles. The standard InChI is InChI=1S/C21H24N4O3S/c26-20(18-12-27-16-3-1-2-4-17(16)28-18)24-8-7-15-19(11-24)29-21(23-15)25-13-5-6-14(25)10-22-9-13/h1-4,13-14,18,22H,5-12H2. The van der Waals surface area contributed by atoms with Gasteiger partial charge in [-0.05, 0) is 25.0 Å². The van der Waals surface area contributed by atoms with E-state index in [0.29, 0.717) is 36.7 Å². The Bertz CT molecular complexity index is 932. The number of para-hydroxylation sites is 2. The van der Waals surface area contributed by atoms with Crippen LogP contribution in [0.25, 0.3) is 0 Å². The molecular weight excluding hydrogens is 388 g/mol. The van der Waals surface area contributed by atoms with Crippen LogP contribution in [0.3, 0.4) is 0 Å². The molecule has 3 atom stereocenters. The Morgan fingerprint density at radius 3 is 2.79 bits per heavy atom. The van der Waals surface area contributed by atoms with Crippen LogP contribution in [0.1, 0.15) is 23.4 Å². The number of ether oxygens (including phenoxy) is 2. The van der Waals surface area contributed by atoms with Gasteiger partial charge in [-0.2, -0.15) is 0 Å². The summed E-state index contributed by atoms with van der Waals surface area (Å²) in [4.78, 5) is 23.7. The fourth-order valence-corrected chi connectivity index (χ4v) is 6.18. The van der Waals surface area contributed by atoms with E-state index in [1.807, 2.05) is 29.2 Å². The number of benzene rings is 1. The summed E-state index contributed by atoms with van der Waals surface area (Å²) in [6.45, 7) is 3.66. The smallest absolute Gasteiger partial charge is 0.267 e. The van der Waals surface area contributed by atoms with Crippen molar-refractivity contribution in [3.8, 4) is 11.5 Å². The van der Waals surface area contributed by atoms with E-state index in [1.54, 1.807) is 11.3 Å². The van der Waals surface area contributed by atoms with Crippen molar-refractivity contribution in [1.29, 1.82) is 0 Å². The van der Waals surface area contributed by atoms with E-state index in [0.717, 1.165) is 30.3 Å². The Morgan fingerprint density at radius 1 is 1.17 bits per heavy atom. The third kappa shape index (κ3) is 2.97. The number of rotatable bonds is 2. The number of anilines is 1. The summed E-state index contributed by atoms with van der Waals surface area (Å²) in [7, 11) is 0. The van der Waals surface area contributed by atoms with Gasteiger partial charge < -0.3 is 24.6 Å². The molecule has 6 rings (SSSR count). The first-order chi connectivity index (χ1) is 14.3. The fraction of sp³-hybridized carbons (Fsp3) is 0.524. The largest absolute Gasteiger partial charge is 0.485 e. The predicted octanol–water partition coefficient (Wildman–Crippen LogP) is 1.81. The van der Waals surface area contributed by atoms with Crippen LogP contribution in [-0.2, 0) is 17.8 Å². The lowest BCUT2D eigenvalue weighted by atomic mass is 10.1. The second-order valence-corrected chi connectivity index (χ2v) is 9.25. The SMILES string of the molecule is O=C(C1COc2ccccc2O1)N1CCc2nc(N3C4CCC3CNC4)sc2C1. The van der Waals surface area contributed by atoms with E-state index in [1.165, 1.54) is 17.7 Å². The molecule has 2 bridgehead atoms. The van der Waals surface area contributed by atoms with E-state index in [9.17, 15) is 4.79 Å². The third-order valence-corrected chi connectivity index (χ3v) is 7.51. The van der Waals surface area contributed by atoms with Crippen LogP contribution in [-0.4, -0.2) is 60.2 Å². The molecule has 0 radical (unpaired) electrons. The number of nitrogens with one attached hydrogen (secondary N) is 1. The minimum absolute atomic E-state index is 0.00217. The Kier molecular flexibility index (Phi) is 4.16. The molecule has 0 aliphatic carbocycles. The number of nitrogens with zero attached hydrogens (tertiary/aromatic N) is 3. The number of carbonyl (C=O) groups is 1. The molecule has 1 amide bonds. The van der Waals surface area contributed by atoms with E-state index in [4.69, 9.17) is 14.5 Å². The summed E-state index contributed by atoms with van der Waals surface area (Å²) in [5.74, 6) is 1.35. The van der Waals surface area contributed by atoms with Crippen molar-refractivity contribution < 1.29 is 14.3 Å². The predicted molar refractivity (Wildman–Crippen MR) is 110 cm³/mol. The molecule has 4 aliphatic rings. The number of fused-ring (bicyclic) bond motifs is 4.